The van der Waals surface area contributed by atoms with Crippen molar-refractivity contribution in [1.29, 1.82) is 0 Å². The van der Waals surface area contributed by atoms with Crippen LogP contribution in [0.4, 0.5) is 5.69 Å². The highest BCUT2D eigenvalue weighted by Gasteiger charge is 2.06. The smallest absolute Gasteiger partial charge is 0.105 e. The molecule has 5 heteroatoms. The molecule has 4 nitrogen and oxygen atoms in total. The van der Waals surface area contributed by atoms with Gasteiger partial charge in [0.2, 0.25) is 0 Å². The second kappa shape index (κ2) is 3.31. The van der Waals surface area contributed by atoms with Crippen LogP contribution in [0.2, 0.25) is 5.02 Å². The number of aryl methyl sites for hydroxylation is 1. The second-order valence-electron chi connectivity index (χ2n) is 2.98. The minimum absolute atomic E-state index is 0.546. The van der Waals surface area contributed by atoms with Crippen LogP contribution in [0.5, 0.6) is 0 Å². The van der Waals surface area contributed by atoms with Crippen molar-refractivity contribution in [3.63, 3.8) is 0 Å². The van der Waals surface area contributed by atoms with Gasteiger partial charge in [-0.2, -0.15) is 15.0 Å². The lowest BCUT2D eigenvalue weighted by Crippen LogP contribution is -2.01. The van der Waals surface area contributed by atoms with E-state index in [9.17, 15) is 0 Å². The molecule has 72 valence electrons. The molecular weight excluding hydrogens is 200 g/mol. The SMILES string of the molecule is Cc1cc(-n2nccn2)c(Cl)cc1N. The Morgan fingerprint density at radius 3 is 2.57 bits per heavy atom. The number of anilines is 1. The fraction of sp³-hybridized carbons (Fsp3) is 0.111. The molecule has 0 aliphatic heterocycles. The number of benzene rings is 1. The van der Waals surface area contributed by atoms with Crippen molar-refractivity contribution in [2.24, 2.45) is 0 Å². The first-order valence-electron chi connectivity index (χ1n) is 4.11. The number of hydrogen-bond acceptors (Lipinski definition) is 3. The molecule has 0 radical (unpaired) electrons. The molecular formula is C9H9ClN4. The Morgan fingerprint density at radius 1 is 1.29 bits per heavy atom. The third-order valence-electron chi connectivity index (χ3n) is 1.97. The van der Waals surface area contributed by atoms with E-state index in [4.69, 9.17) is 17.3 Å². The maximum atomic E-state index is 6.01. The largest absolute Gasteiger partial charge is 0.398 e. The molecule has 0 aliphatic rings. The highest BCUT2D eigenvalue weighted by Crippen LogP contribution is 2.24. The molecule has 0 spiro atoms. The molecule has 1 aromatic heterocycles. The van der Waals surface area contributed by atoms with Crippen LogP contribution in [0.25, 0.3) is 5.69 Å². The predicted molar refractivity (Wildman–Crippen MR) is 55.5 cm³/mol. The summed E-state index contributed by atoms with van der Waals surface area (Å²) >= 11 is 6.01. The van der Waals surface area contributed by atoms with Gasteiger partial charge >= 0.3 is 0 Å². The molecule has 14 heavy (non-hydrogen) atoms. The van der Waals surface area contributed by atoms with Crippen LogP contribution in [0.1, 0.15) is 5.56 Å². The summed E-state index contributed by atoms with van der Waals surface area (Å²) in [5, 5.41) is 8.54. The first-order chi connectivity index (χ1) is 6.68. The monoisotopic (exact) mass is 208 g/mol. The van der Waals surface area contributed by atoms with Gasteiger partial charge in [-0.25, -0.2) is 0 Å². The van der Waals surface area contributed by atoms with Gasteiger partial charge in [-0.15, -0.1) is 0 Å². The number of nitrogens with two attached hydrogens (primary N) is 1. The Morgan fingerprint density at radius 2 is 1.93 bits per heavy atom. The average Bonchev–Trinajstić information content (AvgIpc) is 2.64. The van der Waals surface area contributed by atoms with Crippen molar-refractivity contribution in [3.8, 4) is 5.69 Å². The Kier molecular flexibility index (Phi) is 2.13. The van der Waals surface area contributed by atoms with E-state index >= 15 is 0 Å². The summed E-state index contributed by atoms with van der Waals surface area (Å²) in [7, 11) is 0. The van der Waals surface area contributed by atoms with Crippen LogP contribution in [0.3, 0.4) is 0 Å². The summed E-state index contributed by atoms with van der Waals surface area (Å²) in [5.41, 5.74) is 8.08. The van der Waals surface area contributed by atoms with Crippen LogP contribution in [0, 0.1) is 6.92 Å². The predicted octanol–water partition coefficient (Wildman–Crippen LogP) is 1.81. The fourth-order valence-corrected chi connectivity index (χ4v) is 1.42. The van der Waals surface area contributed by atoms with Crippen molar-refractivity contribution in [1.82, 2.24) is 15.0 Å². The van der Waals surface area contributed by atoms with Gasteiger partial charge < -0.3 is 5.73 Å². The maximum absolute atomic E-state index is 6.01. The molecule has 0 saturated heterocycles. The van der Waals surface area contributed by atoms with Gasteiger partial charge in [0.25, 0.3) is 0 Å². The number of nitrogens with zero attached hydrogens (tertiary/aromatic N) is 3. The standard InChI is InChI=1S/C9H9ClN4/c1-6-4-9(7(10)5-8(6)11)14-12-2-3-13-14/h2-5H,11H2,1H3. The minimum Gasteiger partial charge on any atom is -0.398 e. The highest BCUT2D eigenvalue weighted by molar-refractivity contribution is 6.32. The molecule has 0 atom stereocenters. The molecule has 0 bridgehead atoms. The summed E-state index contributed by atoms with van der Waals surface area (Å²) in [5.74, 6) is 0. The van der Waals surface area contributed by atoms with Crippen LogP contribution in [-0.4, -0.2) is 15.0 Å². The number of nitrogen functional groups attached to an aromatic ring is 1. The number of halogens is 1. The summed E-state index contributed by atoms with van der Waals surface area (Å²) in [6.07, 6.45) is 3.20. The van der Waals surface area contributed by atoms with E-state index < -0.39 is 0 Å². The van der Waals surface area contributed by atoms with E-state index in [0.717, 1.165) is 11.3 Å². The number of hydrogen-bond donors (Lipinski definition) is 1. The van der Waals surface area contributed by atoms with Gasteiger partial charge in [0.05, 0.1) is 17.4 Å². The van der Waals surface area contributed by atoms with Crippen molar-refractivity contribution in [2.75, 3.05) is 5.73 Å². The molecule has 2 N–H and O–H groups in total. The molecule has 0 unspecified atom stereocenters. The van der Waals surface area contributed by atoms with Crippen LogP contribution < -0.4 is 5.73 Å². The van der Waals surface area contributed by atoms with Crippen LogP contribution in [0.15, 0.2) is 24.5 Å². The molecule has 2 rings (SSSR count). The van der Waals surface area contributed by atoms with E-state index in [1.807, 2.05) is 13.0 Å². The van der Waals surface area contributed by atoms with Gasteiger partial charge in [-0.05, 0) is 24.6 Å². The van der Waals surface area contributed by atoms with Crippen molar-refractivity contribution < 1.29 is 0 Å². The lowest BCUT2D eigenvalue weighted by Gasteiger charge is -2.06. The molecule has 0 aliphatic carbocycles. The van der Waals surface area contributed by atoms with Gasteiger partial charge in [-0.1, -0.05) is 11.6 Å². The summed E-state index contributed by atoms with van der Waals surface area (Å²) in [6.45, 7) is 1.92. The Labute approximate surface area is 86.3 Å². The van der Waals surface area contributed by atoms with Gasteiger partial charge in [-0.3, -0.25) is 0 Å². The van der Waals surface area contributed by atoms with Crippen LogP contribution >= 0.6 is 11.6 Å². The number of aromatic nitrogens is 3. The molecule has 0 saturated carbocycles. The third-order valence-corrected chi connectivity index (χ3v) is 2.27. The Balaban J connectivity index is 2.60. The third kappa shape index (κ3) is 1.44. The second-order valence-corrected chi connectivity index (χ2v) is 3.39. The molecule has 0 fully saturated rings. The summed E-state index contributed by atoms with van der Waals surface area (Å²) in [4.78, 5) is 1.47. The lowest BCUT2D eigenvalue weighted by atomic mass is 10.2. The average molecular weight is 209 g/mol. The van der Waals surface area contributed by atoms with Crippen molar-refractivity contribution in [2.45, 2.75) is 6.92 Å². The number of rotatable bonds is 1. The van der Waals surface area contributed by atoms with Gasteiger partial charge in [0.1, 0.15) is 5.69 Å². The Hall–Kier alpha value is -1.55. The molecule has 1 heterocycles. The zero-order valence-electron chi connectivity index (χ0n) is 7.61. The summed E-state index contributed by atoms with van der Waals surface area (Å²) < 4.78 is 0. The first kappa shape index (κ1) is 9.02. The quantitative estimate of drug-likeness (QED) is 0.728. The zero-order chi connectivity index (χ0) is 10.1. The van der Waals surface area contributed by atoms with E-state index in [1.165, 1.54) is 4.80 Å². The minimum atomic E-state index is 0.546. The van der Waals surface area contributed by atoms with Crippen molar-refractivity contribution >= 4 is 17.3 Å². The van der Waals surface area contributed by atoms with E-state index in [-0.39, 0.29) is 0 Å². The lowest BCUT2D eigenvalue weighted by molar-refractivity contribution is 0.751. The van der Waals surface area contributed by atoms with Gasteiger partial charge in [0, 0.05) is 5.69 Å². The molecule has 0 amide bonds. The van der Waals surface area contributed by atoms with Crippen molar-refractivity contribution in [3.05, 3.63) is 35.1 Å². The normalized spacial score (nSPS) is 10.4. The highest BCUT2D eigenvalue weighted by atomic mass is 35.5. The topological polar surface area (TPSA) is 56.7 Å². The van der Waals surface area contributed by atoms with Gasteiger partial charge in [0.15, 0.2) is 0 Å². The van der Waals surface area contributed by atoms with E-state index in [1.54, 1.807) is 18.5 Å². The fourth-order valence-electron chi connectivity index (χ4n) is 1.18. The Bertz CT molecular complexity index is 450. The van der Waals surface area contributed by atoms with E-state index in [0.29, 0.717) is 10.7 Å². The zero-order valence-corrected chi connectivity index (χ0v) is 8.36. The van der Waals surface area contributed by atoms with E-state index in [2.05, 4.69) is 10.2 Å². The maximum Gasteiger partial charge on any atom is 0.105 e. The summed E-state index contributed by atoms with van der Waals surface area (Å²) in [6, 6.07) is 3.56. The molecule has 1 aromatic carbocycles. The first-order valence-corrected chi connectivity index (χ1v) is 4.48. The van der Waals surface area contributed by atoms with Crippen LogP contribution in [-0.2, 0) is 0 Å². The molecule has 2 aromatic rings.